The summed E-state index contributed by atoms with van der Waals surface area (Å²) < 4.78 is 0. The Labute approximate surface area is 44.5 Å². The predicted octanol–water partition coefficient (Wildman–Crippen LogP) is -0.235. The Balaban J connectivity index is 2.66. The molecule has 1 nitrogen and oxygen atoms in total. The minimum Gasteiger partial charge on any atom is -0.301 e. The first-order valence-electron chi connectivity index (χ1n) is 2.25. The van der Waals surface area contributed by atoms with Crippen LogP contribution >= 0.6 is 0 Å². The van der Waals surface area contributed by atoms with Crippen LogP contribution in [0.3, 0.4) is 0 Å². The molecule has 0 fully saturated rings. The third-order valence-electron chi connectivity index (χ3n) is 0.848. The second-order valence-corrected chi connectivity index (χ2v) is 3.03. The normalized spacial score (nSPS) is 21.4. The van der Waals surface area contributed by atoms with Crippen molar-refractivity contribution in [2.24, 2.45) is 0 Å². The molecule has 7 heavy (non-hydrogen) atoms. The van der Waals surface area contributed by atoms with Gasteiger partial charge < -0.3 is 4.79 Å². The average Bonchev–Trinajstić information content (AvgIpc) is 1.69. The molecule has 1 rings (SSSR count). The van der Waals surface area contributed by atoms with E-state index in [-0.39, 0.29) is 0 Å². The summed E-state index contributed by atoms with van der Waals surface area (Å²) in [6.45, 7) is 0. The van der Waals surface area contributed by atoms with E-state index in [1.165, 1.54) is 0 Å². The fourth-order valence-corrected chi connectivity index (χ4v) is 1.29. The van der Waals surface area contributed by atoms with E-state index in [1.54, 1.807) is 12.2 Å². The number of hydrogen-bond donors (Lipinski definition) is 0. The maximum atomic E-state index is 10.4. The number of carbonyl (C=O) groups is 1. The third kappa shape index (κ3) is 1.12. The van der Waals surface area contributed by atoms with Crippen molar-refractivity contribution in [2.75, 3.05) is 0 Å². The van der Waals surface area contributed by atoms with Crippen LogP contribution in [0.25, 0.3) is 0 Å². The first kappa shape index (κ1) is 4.52. The van der Waals surface area contributed by atoms with Gasteiger partial charge in [-0.1, -0.05) is 17.9 Å². The van der Waals surface area contributed by atoms with E-state index in [4.69, 9.17) is 0 Å². The van der Waals surface area contributed by atoms with Crippen molar-refractivity contribution in [1.29, 1.82) is 0 Å². The van der Waals surface area contributed by atoms with Crippen LogP contribution in [0.1, 0.15) is 0 Å². The Hall–Kier alpha value is -0.633. The standard InChI is InChI=1S/C5H6OSi/c6-5-3-1-2-4-7-5/h1-4H,7H2. The molecule has 1 aliphatic heterocycles. The zero-order valence-electron chi connectivity index (χ0n) is 3.92. The third-order valence-corrected chi connectivity index (χ3v) is 1.99. The summed E-state index contributed by atoms with van der Waals surface area (Å²) in [7, 11) is -0.473. The molecule has 36 valence electrons. The van der Waals surface area contributed by atoms with Gasteiger partial charge in [-0.25, -0.2) is 0 Å². The maximum absolute atomic E-state index is 10.4. The lowest BCUT2D eigenvalue weighted by molar-refractivity contribution is -0.108. The topological polar surface area (TPSA) is 17.1 Å². The summed E-state index contributed by atoms with van der Waals surface area (Å²) in [5.74, 6) is 0. The summed E-state index contributed by atoms with van der Waals surface area (Å²) in [5.41, 5.74) is 1.99. The first-order chi connectivity index (χ1) is 3.39. The smallest absolute Gasteiger partial charge is 0.130 e. The minimum absolute atomic E-state index is 0.336. The van der Waals surface area contributed by atoms with Crippen LogP contribution in [-0.2, 0) is 4.79 Å². The second kappa shape index (κ2) is 1.89. The number of allylic oxidation sites excluding steroid dienone is 3. The van der Waals surface area contributed by atoms with Crippen molar-refractivity contribution in [2.45, 2.75) is 0 Å². The van der Waals surface area contributed by atoms with E-state index in [1.807, 2.05) is 11.8 Å². The van der Waals surface area contributed by atoms with Crippen molar-refractivity contribution in [3.8, 4) is 0 Å². The van der Waals surface area contributed by atoms with Crippen molar-refractivity contribution in [3.63, 3.8) is 0 Å². The zero-order chi connectivity index (χ0) is 5.11. The van der Waals surface area contributed by atoms with Crippen LogP contribution < -0.4 is 0 Å². The van der Waals surface area contributed by atoms with Gasteiger partial charge in [0.2, 0.25) is 0 Å². The van der Waals surface area contributed by atoms with E-state index >= 15 is 0 Å². The Bertz CT molecular complexity index is 135. The van der Waals surface area contributed by atoms with Crippen LogP contribution in [0.15, 0.2) is 23.9 Å². The maximum Gasteiger partial charge on any atom is 0.130 e. The highest BCUT2D eigenvalue weighted by Gasteiger charge is 1.93. The zero-order valence-corrected chi connectivity index (χ0v) is 5.34. The summed E-state index contributed by atoms with van der Waals surface area (Å²) in [6, 6.07) is 0. The molecule has 0 unspecified atom stereocenters. The summed E-state index contributed by atoms with van der Waals surface area (Å²) in [4.78, 5) is 10.4. The molecule has 0 saturated heterocycles. The van der Waals surface area contributed by atoms with E-state index in [9.17, 15) is 4.79 Å². The molecule has 0 amide bonds. The monoisotopic (exact) mass is 110 g/mol. The highest BCUT2D eigenvalue weighted by molar-refractivity contribution is 6.80. The van der Waals surface area contributed by atoms with Gasteiger partial charge in [0, 0.05) is 0 Å². The predicted molar refractivity (Wildman–Crippen MR) is 31.8 cm³/mol. The molecule has 1 aliphatic rings. The van der Waals surface area contributed by atoms with Gasteiger partial charge in [-0.3, -0.25) is 0 Å². The molecular formula is C5H6OSi. The van der Waals surface area contributed by atoms with E-state index in [0.29, 0.717) is 5.41 Å². The molecule has 0 spiro atoms. The van der Waals surface area contributed by atoms with Crippen molar-refractivity contribution in [1.82, 2.24) is 0 Å². The molecule has 0 saturated carbocycles. The van der Waals surface area contributed by atoms with Crippen LogP contribution in [0.4, 0.5) is 0 Å². The largest absolute Gasteiger partial charge is 0.301 e. The molecule has 0 aromatic rings. The molecule has 2 heteroatoms. The summed E-state index contributed by atoms with van der Waals surface area (Å²) in [5, 5.41) is 0.336. The van der Waals surface area contributed by atoms with Gasteiger partial charge in [-0.15, -0.1) is 0 Å². The number of hydrogen-bond acceptors (Lipinski definition) is 1. The van der Waals surface area contributed by atoms with Crippen LogP contribution in [0.2, 0.25) is 0 Å². The first-order valence-corrected chi connectivity index (χ1v) is 3.78. The van der Waals surface area contributed by atoms with Gasteiger partial charge in [0.1, 0.15) is 14.9 Å². The SMILES string of the molecule is O=C1C=CC=C[SiH2]1. The van der Waals surface area contributed by atoms with Crippen molar-refractivity contribution < 1.29 is 4.79 Å². The molecule has 0 aliphatic carbocycles. The lowest BCUT2D eigenvalue weighted by Gasteiger charge is -1.87. The van der Waals surface area contributed by atoms with E-state index in [0.717, 1.165) is 0 Å². The molecule has 0 radical (unpaired) electrons. The Morgan fingerprint density at radius 1 is 1.43 bits per heavy atom. The Morgan fingerprint density at radius 3 is 2.57 bits per heavy atom. The number of rotatable bonds is 0. The fourth-order valence-electron chi connectivity index (χ4n) is 0.494. The molecule has 0 aromatic carbocycles. The average molecular weight is 110 g/mol. The second-order valence-electron chi connectivity index (χ2n) is 1.46. The Morgan fingerprint density at radius 2 is 2.29 bits per heavy atom. The highest BCUT2D eigenvalue weighted by atomic mass is 28.2. The van der Waals surface area contributed by atoms with Gasteiger partial charge in [0.15, 0.2) is 0 Å². The molecule has 1 heterocycles. The number of carbonyl (C=O) groups excluding carboxylic acids is 1. The van der Waals surface area contributed by atoms with E-state index < -0.39 is 9.52 Å². The lowest BCUT2D eigenvalue weighted by Crippen LogP contribution is -2.03. The Kier molecular flexibility index (Phi) is 1.22. The molecule has 0 bridgehead atoms. The van der Waals surface area contributed by atoms with Crippen molar-refractivity contribution >= 4 is 14.9 Å². The molecule has 0 atom stereocenters. The highest BCUT2D eigenvalue weighted by Crippen LogP contribution is 1.85. The summed E-state index contributed by atoms with van der Waals surface area (Å²) in [6.07, 6.45) is 5.37. The molecule has 0 N–H and O–H groups in total. The van der Waals surface area contributed by atoms with E-state index in [2.05, 4.69) is 0 Å². The van der Waals surface area contributed by atoms with Crippen LogP contribution in [-0.4, -0.2) is 14.9 Å². The van der Waals surface area contributed by atoms with Gasteiger partial charge in [-0.2, -0.15) is 0 Å². The molecule has 0 aromatic heterocycles. The molecular weight excluding hydrogens is 104 g/mol. The van der Waals surface area contributed by atoms with Gasteiger partial charge in [-0.05, 0) is 6.08 Å². The van der Waals surface area contributed by atoms with Gasteiger partial charge in [0.05, 0.1) is 0 Å². The fraction of sp³-hybridized carbons (Fsp3) is 0. The van der Waals surface area contributed by atoms with Gasteiger partial charge >= 0.3 is 0 Å². The van der Waals surface area contributed by atoms with Crippen LogP contribution in [0.5, 0.6) is 0 Å². The lowest BCUT2D eigenvalue weighted by atomic mass is 10.5. The summed E-state index contributed by atoms with van der Waals surface area (Å²) >= 11 is 0. The van der Waals surface area contributed by atoms with Crippen molar-refractivity contribution in [3.05, 3.63) is 23.9 Å². The minimum atomic E-state index is -0.473. The quantitative estimate of drug-likeness (QED) is 0.393. The van der Waals surface area contributed by atoms with Gasteiger partial charge in [0.25, 0.3) is 0 Å². The van der Waals surface area contributed by atoms with Crippen LogP contribution in [0, 0.1) is 0 Å².